The molecule has 0 spiro atoms. The van der Waals surface area contributed by atoms with Gasteiger partial charge in [-0.2, -0.15) is 0 Å². The third kappa shape index (κ3) is 3.77. The highest BCUT2D eigenvalue weighted by atomic mass is 28.4. The molecule has 19 heavy (non-hydrogen) atoms. The molecule has 0 aromatic carbocycles. The Hall–Kier alpha value is 0.0169. The summed E-state index contributed by atoms with van der Waals surface area (Å²) in [5, 5.41) is 0. The molecule has 0 bridgehead atoms. The minimum atomic E-state index is -2.35. The molecule has 0 saturated carbocycles. The second kappa shape index (κ2) is 8.34. The second-order valence-electron chi connectivity index (χ2n) is 4.85. The molecule has 0 radical (unpaired) electrons. The average Bonchev–Trinajstić information content (AvgIpc) is 3.06. The molecule has 2 heterocycles. The minimum Gasteiger partial charge on any atom is -0.395 e. The van der Waals surface area contributed by atoms with E-state index in [4.69, 9.17) is 23.1 Å². The summed E-state index contributed by atoms with van der Waals surface area (Å²) in [6, 6.07) is 0.932. The molecule has 2 aliphatic rings. The van der Waals surface area contributed by atoms with Gasteiger partial charge in [0, 0.05) is 48.1 Å². The maximum Gasteiger partial charge on any atom is 0.399 e. The van der Waals surface area contributed by atoms with Crippen molar-refractivity contribution < 1.29 is 23.1 Å². The fourth-order valence-corrected chi connectivity index (χ4v) is 6.28. The fraction of sp³-hybridized carbons (Fsp3) is 1.00. The zero-order valence-electron chi connectivity index (χ0n) is 12.7. The molecule has 6 heteroatoms. The molecule has 2 rings (SSSR count). The van der Waals surface area contributed by atoms with Crippen molar-refractivity contribution in [1.82, 2.24) is 0 Å². The van der Waals surface area contributed by atoms with E-state index in [2.05, 4.69) is 0 Å². The van der Waals surface area contributed by atoms with Crippen LogP contribution in [0.25, 0.3) is 0 Å². The summed E-state index contributed by atoms with van der Waals surface area (Å²) in [5.74, 6) is 0. The predicted molar refractivity (Wildman–Crippen MR) is 75.2 cm³/mol. The maximum atomic E-state index is 5.59. The van der Waals surface area contributed by atoms with Crippen LogP contribution in [0.2, 0.25) is 6.04 Å². The summed E-state index contributed by atoms with van der Waals surface area (Å²) >= 11 is 0. The van der Waals surface area contributed by atoms with Crippen molar-refractivity contribution in [2.24, 2.45) is 0 Å². The molecule has 0 unspecified atom stereocenters. The highest BCUT2D eigenvalue weighted by molar-refractivity contribution is 6.70. The van der Waals surface area contributed by atoms with Gasteiger partial charge in [0.25, 0.3) is 0 Å². The van der Waals surface area contributed by atoms with E-state index in [1.54, 1.807) is 28.4 Å². The zero-order chi connectivity index (χ0) is 14.2. The van der Waals surface area contributed by atoms with Crippen LogP contribution in [0.4, 0.5) is 0 Å². The second-order valence-corrected chi connectivity index (χ2v) is 8.43. The normalized spacial score (nSPS) is 24.6. The van der Waals surface area contributed by atoms with Gasteiger partial charge >= 0.3 is 8.56 Å². The molecule has 0 aliphatic carbocycles. The highest BCUT2D eigenvalue weighted by Gasteiger charge is 2.60. The van der Waals surface area contributed by atoms with Crippen molar-refractivity contribution in [1.29, 1.82) is 0 Å². The van der Waals surface area contributed by atoms with Crippen LogP contribution in [-0.4, -0.2) is 55.6 Å². The third-order valence-corrected chi connectivity index (χ3v) is 8.14. The Morgan fingerprint density at radius 3 is 1.74 bits per heavy atom. The molecule has 0 N–H and O–H groups in total. The summed E-state index contributed by atoms with van der Waals surface area (Å²) < 4.78 is 27.2. The van der Waals surface area contributed by atoms with Crippen LogP contribution in [0.15, 0.2) is 0 Å². The Morgan fingerprint density at radius 2 is 1.42 bits per heavy atom. The Kier molecular flexibility index (Phi) is 7.49. The molecule has 0 atom stereocenters. The predicted octanol–water partition coefficient (Wildman–Crippen LogP) is 2.23. The quantitative estimate of drug-likeness (QED) is 0.587. The zero-order valence-corrected chi connectivity index (χ0v) is 13.7. The van der Waals surface area contributed by atoms with Gasteiger partial charge < -0.3 is 23.1 Å². The third-order valence-electron chi connectivity index (χ3n) is 3.99. The average molecular weight is 292 g/mol. The van der Waals surface area contributed by atoms with E-state index in [9.17, 15) is 0 Å². The first-order chi connectivity index (χ1) is 9.20. The first-order valence-corrected chi connectivity index (χ1v) is 9.01. The van der Waals surface area contributed by atoms with E-state index < -0.39 is 14.0 Å². The molecule has 114 valence electrons. The minimum absolute atomic E-state index is 0.630. The first kappa shape index (κ1) is 17.1. The van der Waals surface area contributed by atoms with Gasteiger partial charge in [0.15, 0.2) is 0 Å². The van der Waals surface area contributed by atoms with Gasteiger partial charge in [0.05, 0.1) is 0 Å². The lowest BCUT2D eigenvalue weighted by atomic mass is 10.2. The summed E-state index contributed by atoms with van der Waals surface area (Å²) in [7, 11) is 4.34. The van der Waals surface area contributed by atoms with Crippen molar-refractivity contribution in [3.8, 4) is 0 Å². The fourth-order valence-electron chi connectivity index (χ4n) is 2.80. The van der Waals surface area contributed by atoms with Crippen LogP contribution < -0.4 is 0 Å². The maximum absolute atomic E-state index is 5.59. The molecule has 2 aliphatic heterocycles. The number of rotatable bonds is 4. The molecule has 0 aromatic rings. The van der Waals surface area contributed by atoms with Gasteiger partial charge in [0.1, 0.15) is 0 Å². The number of hydrogen-bond donors (Lipinski definition) is 0. The van der Waals surface area contributed by atoms with Gasteiger partial charge in [-0.25, -0.2) is 0 Å². The lowest BCUT2D eigenvalue weighted by Crippen LogP contribution is -2.65. The first-order valence-electron chi connectivity index (χ1n) is 6.98. The van der Waals surface area contributed by atoms with Gasteiger partial charge in [0.2, 0.25) is 5.41 Å². The molecular formula is C13H28O5Si. The van der Waals surface area contributed by atoms with Gasteiger partial charge in [-0.15, -0.1) is 0 Å². The number of methoxy groups -OCH3 is 2. The van der Waals surface area contributed by atoms with Crippen LogP contribution in [0.5, 0.6) is 0 Å². The smallest absolute Gasteiger partial charge is 0.395 e. The molecule has 5 nitrogen and oxygen atoms in total. The van der Waals surface area contributed by atoms with Crippen molar-refractivity contribution in [2.45, 2.75) is 43.6 Å². The number of hydrogen-bond acceptors (Lipinski definition) is 5. The van der Waals surface area contributed by atoms with Crippen LogP contribution in [-0.2, 0) is 23.1 Å². The van der Waals surface area contributed by atoms with Gasteiger partial charge in [-0.3, -0.25) is 0 Å². The van der Waals surface area contributed by atoms with Crippen LogP contribution in [0, 0.1) is 0 Å². The van der Waals surface area contributed by atoms with Crippen molar-refractivity contribution >= 4 is 8.56 Å². The van der Waals surface area contributed by atoms with Crippen LogP contribution >= 0.6 is 0 Å². The summed E-state index contributed by atoms with van der Waals surface area (Å²) in [4.78, 5) is 0. The Labute approximate surface area is 117 Å². The lowest BCUT2D eigenvalue weighted by Gasteiger charge is -2.46. The molecular weight excluding hydrogens is 264 g/mol. The standard InChI is InChI=1S/C9H20O4Si.C4H8O/c1-10-9(11-2)7-5-6-8-14(9,12-3)13-4;1-2-4-5-3-1/h5-8H2,1-4H3;1-4H2. The summed E-state index contributed by atoms with van der Waals surface area (Å²) in [5.41, 5.74) is -0.630. The van der Waals surface area contributed by atoms with Gasteiger partial charge in [-0.1, -0.05) is 6.42 Å². The van der Waals surface area contributed by atoms with Gasteiger partial charge in [-0.05, 0) is 25.3 Å². The Bertz CT molecular complexity index is 210. The van der Waals surface area contributed by atoms with Crippen LogP contribution in [0.3, 0.4) is 0 Å². The van der Waals surface area contributed by atoms with E-state index in [0.29, 0.717) is 0 Å². The largest absolute Gasteiger partial charge is 0.399 e. The summed E-state index contributed by atoms with van der Waals surface area (Å²) in [6.07, 6.45) is 5.64. The Balaban J connectivity index is 0.000000300. The monoisotopic (exact) mass is 292 g/mol. The van der Waals surface area contributed by atoms with Crippen LogP contribution in [0.1, 0.15) is 32.1 Å². The van der Waals surface area contributed by atoms with E-state index in [-0.39, 0.29) is 0 Å². The molecule has 0 aromatic heterocycles. The van der Waals surface area contributed by atoms with E-state index in [1.165, 1.54) is 12.8 Å². The highest BCUT2D eigenvalue weighted by Crippen LogP contribution is 2.40. The van der Waals surface area contributed by atoms with Crippen molar-refractivity contribution in [3.05, 3.63) is 0 Å². The molecule has 0 amide bonds. The topological polar surface area (TPSA) is 46.2 Å². The van der Waals surface area contributed by atoms with Crippen molar-refractivity contribution in [2.75, 3.05) is 41.7 Å². The number of ether oxygens (including phenoxy) is 3. The van der Waals surface area contributed by atoms with Crippen molar-refractivity contribution in [3.63, 3.8) is 0 Å². The Morgan fingerprint density at radius 1 is 0.842 bits per heavy atom. The lowest BCUT2D eigenvalue weighted by molar-refractivity contribution is -0.183. The molecule has 2 saturated heterocycles. The van der Waals surface area contributed by atoms with E-state index in [0.717, 1.165) is 38.5 Å². The summed E-state index contributed by atoms with van der Waals surface area (Å²) in [6.45, 7) is 2.00. The molecule has 2 fully saturated rings. The SMILES string of the molecule is C1CCOC1.COC1(OC)CCCC[Si]1(OC)OC. The van der Waals surface area contributed by atoms with E-state index in [1.807, 2.05) is 0 Å². The van der Waals surface area contributed by atoms with E-state index >= 15 is 0 Å².